The average molecular weight is 313 g/mol. The summed E-state index contributed by atoms with van der Waals surface area (Å²) in [6.07, 6.45) is 0. The van der Waals surface area contributed by atoms with Gasteiger partial charge in [0.05, 0.1) is 11.3 Å². The second-order valence-corrected chi connectivity index (χ2v) is 5.18. The van der Waals surface area contributed by atoms with Crippen LogP contribution in [0.4, 0.5) is 5.13 Å². The van der Waals surface area contributed by atoms with Crippen LogP contribution in [0, 0.1) is 6.92 Å². The van der Waals surface area contributed by atoms with Crippen molar-refractivity contribution in [3.8, 4) is 5.75 Å². The van der Waals surface area contributed by atoms with E-state index < -0.39 is 0 Å². The molecule has 2 N–H and O–H groups in total. The van der Waals surface area contributed by atoms with E-state index >= 15 is 0 Å². The summed E-state index contributed by atoms with van der Waals surface area (Å²) in [6.45, 7) is 1.85. The molecule has 0 saturated carbocycles. The van der Waals surface area contributed by atoms with Crippen molar-refractivity contribution in [2.45, 2.75) is 6.92 Å². The predicted octanol–water partition coefficient (Wildman–Crippen LogP) is 3.17. The van der Waals surface area contributed by atoms with E-state index in [4.69, 9.17) is 0 Å². The fraction of sp³-hybridized carbons (Fsp3) is 0.0909. The molecule has 1 amide bonds. The Kier molecular flexibility index (Phi) is 3.44. The molecule has 0 unspecified atom stereocenters. The molecular formula is C11H9BrN2O2S. The van der Waals surface area contributed by atoms with E-state index in [-0.39, 0.29) is 17.2 Å². The molecule has 1 heterocycles. The van der Waals surface area contributed by atoms with Crippen LogP contribution >= 0.6 is 27.3 Å². The van der Waals surface area contributed by atoms with Crippen molar-refractivity contribution >= 4 is 38.3 Å². The van der Waals surface area contributed by atoms with Crippen molar-refractivity contribution < 1.29 is 9.90 Å². The standard InChI is InChI=1S/C11H9BrN2O2S/c1-6-5-17-11(13-6)14-10(16)8-3-2-7(12)4-9(8)15/h2-5,15H,1H3,(H,13,14,16). The first-order valence-electron chi connectivity index (χ1n) is 4.78. The van der Waals surface area contributed by atoms with Crippen LogP contribution in [0.15, 0.2) is 28.1 Å². The number of carbonyl (C=O) groups is 1. The molecule has 0 spiro atoms. The number of carbonyl (C=O) groups excluding carboxylic acids is 1. The Balaban J connectivity index is 2.20. The molecule has 0 aliphatic rings. The van der Waals surface area contributed by atoms with E-state index in [0.29, 0.717) is 5.13 Å². The summed E-state index contributed by atoms with van der Waals surface area (Å²) in [4.78, 5) is 16.0. The highest BCUT2D eigenvalue weighted by molar-refractivity contribution is 9.10. The Labute approximate surface area is 110 Å². The molecule has 2 aromatic rings. The molecular weight excluding hydrogens is 304 g/mol. The first-order valence-corrected chi connectivity index (χ1v) is 6.45. The number of anilines is 1. The maximum Gasteiger partial charge on any atom is 0.261 e. The van der Waals surface area contributed by atoms with Gasteiger partial charge in [0, 0.05) is 9.85 Å². The summed E-state index contributed by atoms with van der Waals surface area (Å²) >= 11 is 4.56. The van der Waals surface area contributed by atoms with E-state index in [1.54, 1.807) is 12.1 Å². The van der Waals surface area contributed by atoms with Crippen LogP contribution in [0.1, 0.15) is 16.1 Å². The Hall–Kier alpha value is -1.40. The van der Waals surface area contributed by atoms with Crippen LogP contribution in [0.2, 0.25) is 0 Å². The lowest BCUT2D eigenvalue weighted by molar-refractivity contribution is 0.102. The number of phenolic OH excluding ortho intramolecular Hbond substituents is 1. The molecule has 4 nitrogen and oxygen atoms in total. The van der Waals surface area contributed by atoms with E-state index in [9.17, 15) is 9.90 Å². The molecule has 0 aliphatic heterocycles. The van der Waals surface area contributed by atoms with Gasteiger partial charge in [0.1, 0.15) is 5.75 Å². The van der Waals surface area contributed by atoms with Crippen molar-refractivity contribution in [2.75, 3.05) is 5.32 Å². The van der Waals surface area contributed by atoms with Gasteiger partial charge in [-0.1, -0.05) is 15.9 Å². The number of hydrogen-bond acceptors (Lipinski definition) is 4. The number of halogens is 1. The van der Waals surface area contributed by atoms with Gasteiger partial charge in [-0.3, -0.25) is 10.1 Å². The number of nitrogens with zero attached hydrogens (tertiary/aromatic N) is 1. The van der Waals surface area contributed by atoms with Crippen molar-refractivity contribution in [3.63, 3.8) is 0 Å². The number of aromatic nitrogens is 1. The smallest absolute Gasteiger partial charge is 0.261 e. The minimum absolute atomic E-state index is 0.0647. The fourth-order valence-electron chi connectivity index (χ4n) is 1.27. The molecule has 6 heteroatoms. The third-order valence-electron chi connectivity index (χ3n) is 2.04. The van der Waals surface area contributed by atoms with Crippen LogP contribution in [0.25, 0.3) is 0 Å². The third-order valence-corrected chi connectivity index (χ3v) is 3.41. The SMILES string of the molecule is Cc1csc(NC(=O)c2ccc(Br)cc2O)n1. The molecule has 0 bridgehead atoms. The number of amides is 1. The second kappa shape index (κ2) is 4.85. The van der Waals surface area contributed by atoms with Crippen LogP contribution < -0.4 is 5.32 Å². The van der Waals surface area contributed by atoms with Crippen LogP contribution in [-0.4, -0.2) is 16.0 Å². The molecule has 0 aliphatic carbocycles. The number of nitrogens with one attached hydrogen (secondary N) is 1. The minimum Gasteiger partial charge on any atom is -0.507 e. The lowest BCUT2D eigenvalue weighted by Crippen LogP contribution is -2.11. The average Bonchev–Trinajstić information content (AvgIpc) is 2.63. The van der Waals surface area contributed by atoms with Crippen LogP contribution in [0.5, 0.6) is 5.75 Å². The number of benzene rings is 1. The quantitative estimate of drug-likeness (QED) is 0.895. The van der Waals surface area contributed by atoms with Gasteiger partial charge in [-0.05, 0) is 25.1 Å². The molecule has 0 atom stereocenters. The largest absolute Gasteiger partial charge is 0.507 e. The van der Waals surface area contributed by atoms with E-state index in [1.807, 2.05) is 12.3 Å². The molecule has 17 heavy (non-hydrogen) atoms. The molecule has 88 valence electrons. The molecule has 0 saturated heterocycles. The van der Waals surface area contributed by atoms with Crippen LogP contribution in [-0.2, 0) is 0 Å². The summed E-state index contributed by atoms with van der Waals surface area (Å²) in [6, 6.07) is 4.72. The first-order chi connectivity index (χ1) is 8.06. The Morgan fingerprint density at radius 2 is 2.29 bits per heavy atom. The van der Waals surface area contributed by atoms with Gasteiger partial charge in [-0.15, -0.1) is 11.3 Å². The normalized spacial score (nSPS) is 10.2. The Morgan fingerprint density at radius 3 is 2.88 bits per heavy atom. The summed E-state index contributed by atoms with van der Waals surface area (Å²) in [7, 11) is 0. The number of aryl methyl sites for hydroxylation is 1. The lowest BCUT2D eigenvalue weighted by atomic mass is 10.2. The fourth-order valence-corrected chi connectivity index (χ4v) is 2.30. The zero-order chi connectivity index (χ0) is 12.4. The number of thiazole rings is 1. The topological polar surface area (TPSA) is 62.2 Å². The van der Waals surface area contributed by atoms with E-state index in [1.165, 1.54) is 17.4 Å². The Bertz CT molecular complexity index is 568. The maximum absolute atomic E-state index is 11.8. The van der Waals surface area contributed by atoms with E-state index in [0.717, 1.165) is 10.2 Å². The summed E-state index contributed by atoms with van der Waals surface area (Å²) in [5.74, 6) is -0.436. The van der Waals surface area contributed by atoms with Gasteiger partial charge >= 0.3 is 0 Å². The zero-order valence-electron chi connectivity index (χ0n) is 8.90. The molecule has 1 aromatic heterocycles. The Morgan fingerprint density at radius 1 is 1.53 bits per heavy atom. The second-order valence-electron chi connectivity index (χ2n) is 3.41. The highest BCUT2D eigenvalue weighted by Crippen LogP contribution is 2.24. The van der Waals surface area contributed by atoms with Gasteiger partial charge in [-0.25, -0.2) is 4.98 Å². The summed E-state index contributed by atoms with van der Waals surface area (Å²) in [5, 5.41) is 14.6. The van der Waals surface area contributed by atoms with E-state index in [2.05, 4.69) is 26.2 Å². The monoisotopic (exact) mass is 312 g/mol. The van der Waals surface area contributed by atoms with Gasteiger partial charge in [0.2, 0.25) is 0 Å². The zero-order valence-corrected chi connectivity index (χ0v) is 11.3. The minimum atomic E-state index is -0.371. The van der Waals surface area contributed by atoms with Crippen molar-refractivity contribution in [2.24, 2.45) is 0 Å². The van der Waals surface area contributed by atoms with Gasteiger partial charge in [-0.2, -0.15) is 0 Å². The number of rotatable bonds is 2. The number of hydrogen-bond donors (Lipinski definition) is 2. The van der Waals surface area contributed by atoms with Crippen molar-refractivity contribution in [1.82, 2.24) is 4.98 Å². The number of phenols is 1. The molecule has 2 rings (SSSR count). The summed E-state index contributed by atoms with van der Waals surface area (Å²) < 4.78 is 0.719. The highest BCUT2D eigenvalue weighted by atomic mass is 79.9. The molecule has 0 radical (unpaired) electrons. The highest BCUT2D eigenvalue weighted by Gasteiger charge is 2.12. The first kappa shape index (κ1) is 12.1. The van der Waals surface area contributed by atoms with Crippen molar-refractivity contribution in [3.05, 3.63) is 39.3 Å². The van der Waals surface area contributed by atoms with Crippen LogP contribution in [0.3, 0.4) is 0 Å². The predicted molar refractivity (Wildman–Crippen MR) is 70.6 cm³/mol. The summed E-state index contributed by atoms with van der Waals surface area (Å²) in [5.41, 5.74) is 1.08. The number of aromatic hydroxyl groups is 1. The molecule has 0 fully saturated rings. The van der Waals surface area contributed by atoms with Gasteiger partial charge in [0.25, 0.3) is 5.91 Å². The lowest BCUT2D eigenvalue weighted by Gasteiger charge is -2.04. The van der Waals surface area contributed by atoms with Crippen molar-refractivity contribution in [1.29, 1.82) is 0 Å². The molecule has 1 aromatic carbocycles. The third kappa shape index (κ3) is 2.83. The van der Waals surface area contributed by atoms with Gasteiger partial charge in [0.15, 0.2) is 5.13 Å². The maximum atomic E-state index is 11.8. The van der Waals surface area contributed by atoms with Gasteiger partial charge < -0.3 is 5.11 Å².